The largest absolute Gasteiger partial charge is 0.481 e. The summed E-state index contributed by atoms with van der Waals surface area (Å²) in [4.78, 5) is 25.0. The number of amides is 1. The number of carboxylic acids is 1. The summed E-state index contributed by atoms with van der Waals surface area (Å²) in [6.07, 6.45) is 3.53. The number of carbonyl (C=O) groups is 2. The van der Waals surface area contributed by atoms with Gasteiger partial charge in [0.15, 0.2) is 5.79 Å². The minimum atomic E-state index is -0.926. The highest BCUT2D eigenvalue weighted by Gasteiger charge is 2.42. The van der Waals surface area contributed by atoms with Crippen LogP contribution < -0.4 is 5.32 Å². The Bertz CT molecular complexity index is 1270. The van der Waals surface area contributed by atoms with Crippen LogP contribution in [0.5, 0.6) is 0 Å². The van der Waals surface area contributed by atoms with Crippen LogP contribution in [0.4, 0.5) is 5.69 Å². The molecule has 206 valence electrons. The van der Waals surface area contributed by atoms with E-state index in [4.69, 9.17) is 19.0 Å². The van der Waals surface area contributed by atoms with Crippen molar-refractivity contribution in [1.29, 1.82) is 0 Å². The Morgan fingerprint density at radius 1 is 1.05 bits per heavy atom. The van der Waals surface area contributed by atoms with Crippen LogP contribution in [0.3, 0.4) is 0 Å². The van der Waals surface area contributed by atoms with Crippen LogP contribution in [-0.2, 0) is 14.3 Å². The number of hydrogen-bond donors (Lipinski definition) is 2. The predicted octanol–water partition coefficient (Wildman–Crippen LogP) is 5.89. The first kappa shape index (κ1) is 27.0. The molecule has 1 aliphatic carbocycles. The van der Waals surface area contributed by atoms with Crippen molar-refractivity contribution in [1.82, 2.24) is 4.90 Å². The Kier molecular flexibility index (Phi) is 8.04. The van der Waals surface area contributed by atoms with E-state index in [0.29, 0.717) is 24.7 Å². The van der Waals surface area contributed by atoms with E-state index in [1.54, 1.807) is 19.2 Å². The second-order valence-corrected chi connectivity index (χ2v) is 10.5. The van der Waals surface area contributed by atoms with Gasteiger partial charge in [0, 0.05) is 48.8 Å². The summed E-state index contributed by atoms with van der Waals surface area (Å²) < 4.78 is 18.2. The Balaban J connectivity index is 1.37. The molecular weight excluding hydrogens is 496 g/mol. The van der Waals surface area contributed by atoms with Gasteiger partial charge < -0.3 is 29.2 Å². The Hall–Kier alpha value is -3.62. The summed E-state index contributed by atoms with van der Waals surface area (Å²) in [5, 5.41) is 12.7. The standard InChI is InChI=1S/C31H36N2O6/c1-21-26(20-27(39-21)22-6-4-3-5-7-22)29(23-12-15-31(16-13-23)37-18-19-38-31)32-25-10-8-24(9-11-25)30(36)33(2)17-14-28(34)35/h3-11,20,23,29,32H,12-19H2,1-2H3,(H,34,35). The fourth-order valence-electron chi connectivity index (χ4n) is 5.67. The monoisotopic (exact) mass is 532 g/mol. The van der Waals surface area contributed by atoms with Crippen molar-refractivity contribution >= 4 is 17.6 Å². The van der Waals surface area contributed by atoms with Gasteiger partial charge in [-0.2, -0.15) is 0 Å². The molecule has 1 saturated heterocycles. The molecule has 5 rings (SSSR count). The highest BCUT2D eigenvalue weighted by atomic mass is 16.7. The molecule has 0 bridgehead atoms. The van der Waals surface area contributed by atoms with Crippen LogP contribution in [0.2, 0.25) is 0 Å². The molecule has 2 aliphatic rings. The summed E-state index contributed by atoms with van der Waals surface area (Å²) in [6.45, 7) is 3.49. The van der Waals surface area contributed by atoms with Gasteiger partial charge in [-0.25, -0.2) is 0 Å². The lowest BCUT2D eigenvalue weighted by Crippen LogP contribution is -2.37. The third kappa shape index (κ3) is 6.18. The number of aryl methyl sites for hydroxylation is 1. The molecular formula is C31H36N2O6. The predicted molar refractivity (Wildman–Crippen MR) is 147 cm³/mol. The molecule has 2 heterocycles. The van der Waals surface area contributed by atoms with Crippen molar-refractivity contribution in [2.75, 3.05) is 32.1 Å². The number of anilines is 1. The zero-order valence-corrected chi connectivity index (χ0v) is 22.5. The Labute approximate surface area is 228 Å². The quantitative estimate of drug-likeness (QED) is 0.354. The maximum Gasteiger partial charge on any atom is 0.305 e. The first-order valence-corrected chi connectivity index (χ1v) is 13.6. The van der Waals surface area contributed by atoms with E-state index in [-0.39, 0.29) is 24.9 Å². The molecule has 8 heteroatoms. The van der Waals surface area contributed by atoms with Crippen molar-refractivity contribution in [2.24, 2.45) is 5.92 Å². The summed E-state index contributed by atoms with van der Waals surface area (Å²) in [5.74, 6) is 0.501. The number of aliphatic carboxylic acids is 1. The molecule has 1 unspecified atom stereocenters. The molecule has 1 aromatic heterocycles. The summed E-state index contributed by atoms with van der Waals surface area (Å²) in [5.41, 5.74) is 3.58. The van der Waals surface area contributed by atoms with Gasteiger partial charge in [-0.1, -0.05) is 30.3 Å². The number of furan rings is 1. The van der Waals surface area contributed by atoms with Crippen LogP contribution in [0.1, 0.15) is 59.8 Å². The molecule has 1 spiro atoms. The van der Waals surface area contributed by atoms with Crippen molar-refractivity contribution in [3.05, 3.63) is 77.6 Å². The molecule has 1 aliphatic heterocycles. The SMILES string of the molecule is Cc1oc(-c2ccccc2)cc1C(Nc1ccc(C(=O)N(C)CCC(=O)O)cc1)C1CCC2(CC1)OCCO2. The number of ether oxygens (including phenoxy) is 2. The molecule has 1 atom stereocenters. The van der Waals surface area contributed by atoms with E-state index >= 15 is 0 Å². The number of nitrogens with one attached hydrogen (secondary N) is 1. The van der Waals surface area contributed by atoms with Crippen LogP contribution in [-0.4, -0.2) is 54.5 Å². The highest BCUT2D eigenvalue weighted by Crippen LogP contribution is 2.45. The van der Waals surface area contributed by atoms with Gasteiger partial charge in [-0.3, -0.25) is 9.59 Å². The lowest BCUT2D eigenvalue weighted by Gasteiger charge is -2.39. The second kappa shape index (κ2) is 11.6. The topological polar surface area (TPSA) is 101 Å². The van der Waals surface area contributed by atoms with Gasteiger partial charge >= 0.3 is 5.97 Å². The number of rotatable bonds is 9. The minimum Gasteiger partial charge on any atom is -0.481 e. The van der Waals surface area contributed by atoms with Crippen molar-refractivity contribution in [3.63, 3.8) is 0 Å². The molecule has 8 nitrogen and oxygen atoms in total. The van der Waals surface area contributed by atoms with Gasteiger partial charge in [-0.05, 0) is 56.0 Å². The van der Waals surface area contributed by atoms with Crippen LogP contribution in [0.25, 0.3) is 11.3 Å². The summed E-state index contributed by atoms with van der Waals surface area (Å²) in [7, 11) is 1.62. The lowest BCUT2D eigenvalue weighted by molar-refractivity contribution is -0.183. The van der Waals surface area contributed by atoms with E-state index in [0.717, 1.165) is 54.0 Å². The van der Waals surface area contributed by atoms with E-state index in [9.17, 15) is 9.59 Å². The minimum absolute atomic E-state index is 0.00440. The average molecular weight is 533 g/mol. The van der Waals surface area contributed by atoms with Gasteiger partial charge in [0.1, 0.15) is 11.5 Å². The van der Waals surface area contributed by atoms with Crippen LogP contribution in [0.15, 0.2) is 65.1 Å². The lowest BCUT2D eigenvalue weighted by atomic mass is 9.78. The normalized spacial score (nSPS) is 17.7. The van der Waals surface area contributed by atoms with E-state index in [1.807, 2.05) is 49.4 Å². The Morgan fingerprint density at radius 2 is 1.72 bits per heavy atom. The fourth-order valence-corrected chi connectivity index (χ4v) is 5.67. The third-order valence-corrected chi connectivity index (χ3v) is 7.89. The van der Waals surface area contributed by atoms with Gasteiger partial charge in [0.2, 0.25) is 0 Å². The van der Waals surface area contributed by atoms with Crippen molar-refractivity contribution < 1.29 is 28.6 Å². The number of carbonyl (C=O) groups excluding carboxylic acids is 1. The maximum absolute atomic E-state index is 12.7. The summed E-state index contributed by atoms with van der Waals surface area (Å²) >= 11 is 0. The number of hydrogen-bond acceptors (Lipinski definition) is 6. The van der Waals surface area contributed by atoms with E-state index in [2.05, 4.69) is 11.4 Å². The fraction of sp³-hybridized carbons (Fsp3) is 0.419. The summed E-state index contributed by atoms with van der Waals surface area (Å²) in [6, 6.07) is 19.6. The van der Waals surface area contributed by atoms with Gasteiger partial charge in [0.25, 0.3) is 5.91 Å². The number of benzene rings is 2. The molecule has 2 N–H and O–H groups in total. The Morgan fingerprint density at radius 3 is 2.36 bits per heavy atom. The zero-order chi connectivity index (χ0) is 27.4. The molecule has 1 amide bonds. The first-order chi connectivity index (χ1) is 18.8. The smallest absolute Gasteiger partial charge is 0.305 e. The number of carboxylic acid groups (broad SMARTS) is 1. The van der Waals surface area contributed by atoms with Gasteiger partial charge in [0.05, 0.1) is 25.7 Å². The second-order valence-electron chi connectivity index (χ2n) is 10.5. The molecule has 3 aromatic rings. The molecule has 2 aromatic carbocycles. The van der Waals surface area contributed by atoms with Crippen molar-refractivity contribution in [3.8, 4) is 11.3 Å². The first-order valence-electron chi connectivity index (χ1n) is 13.6. The third-order valence-electron chi connectivity index (χ3n) is 7.89. The number of nitrogens with zero attached hydrogens (tertiary/aromatic N) is 1. The average Bonchev–Trinajstić information content (AvgIpc) is 3.58. The molecule has 39 heavy (non-hydrogen) atoms. The maximum atomic E-state index is 12.7. The van der Waals surface area contributed by atoms with E-state index < -0.39 is 11.8 Å². The van der Waals surface area contributed by atoms with Gasteiger partial charge in [-0.15, -0.1) is 0 Å². The van der Waals surface area contributed by atoms with E-state index in [1.165, 1.54) is 4.90 Å². The van der Waals surface area contributed by atoms with Crippen LogP contribution in [0, 0.1) is 12.8 Å². The van der Waals surface area contributed by atoms with Crippen molar-refractivity contribution in [2.45, 2.75) is 50.9 Å². The zero-order valence-electron chi connectivity index (χ0n) is 22.5. The van der Waals surface area contributed by atoms with Crippen LogP contribution >= 0.6 is 0 Å². The molecule has 0 radical (unpaired) electrons. The highest BCUT2D eigenvalue weighted by molar-refractivity contribution is 5.94. The molecule has 2 fully saturated rings. The molecule has 1 saturated carbocycles.